The Kier molecular flexibility index (Phi) is 3.71. The first-order valence-electron chi connectivity index (χ1n) is 8.59. The van der Waals surface area contributed by atoms with E-state index >= 15 is 0 Å². The Bertz CT molecular complexity index is 583. The van der Waals surface area contributed by atoms with Crippen molar-refractivity contribution in [3.05, 3.63) is 35.4 Å². The van der Waals surface area contributed by atoms with Gasteiger partial charge in [0.1, 0.15) is 12.4 Å². The van der Waals surface area contributed by atoms with Crippen molar-refractivity contribution >= 4 is 6.08 Å². The minimum absolute atomic E-state index is 0.376. The molecule has 2 fully saturated rings. The summed E-state index contributed by atoms with van der Waals surface area (Å²) in [6.45, 7) is 3.71. The van der Waals surface area contributed by atoms with Crippen LogP contribution in [-0.2, 0) is 0 Å². The van der Waals surface area contributed by atoms with Crippen molar-refractivity contribution in [2.75, 3.05) is 26.2 Å². The summed E-state index contributed by atoms with van der Waals surface area (Å²) in [5.41, 5.74) is 2.16. The van der Waals surface area contributed by atoms with Crippen LogP contribution in [0.4, 0.5) is 0 Å². The van der Waals surface area contributed by atoms with Gasteiger partial charge in [-0.15, -0.1) is 0 Å². The molecule has 22 heavy (non-hydrogen) atoms. The van der Waals surface area contributed by atoms with Gasteiger partial charge in [0.2, 0.25) is 0 Å². The predicted molar refractivity (Wildman–Crippen MR) is 87.9 cm³/mol. The smallest absolute Gasteiger partial charge is 0.127 e. The molecule has 1 saturated heterocycles. The molecule has 0 bridgehead atoms. The molecule has 1 saturated carbocycles. The van der Waals surface area contributed by atoms with Crippen LogP contribution in [0.25, 0.3) is 6.08 Å². The Morgan fingerprint density at radius 2 is 2.14 bits per heavy atom. The van der Waals surface area contributed by atoms with Crippen molar-refractivity contribution in [2.24, 2.45) is 5.92 Å². The minimum atomic E-state index is -0.376. The molecule has 0 amide bonds. The molecule has 2 atom stereocenters. The number of aliphatic hydroxyl groups is 1. The fourth-order valence-corrected chi connectivity index (χ4v) is 4.33. The summed E-state index contributed by atoms with van der Waals surface area (Å²) in [4.78, 5) is 2.51. The van der Waals surface area contributed by atoms with E-state index in [-0.39, 0.29) is 5.60 Å². The SMILES string of the molecule is O[C@@]12CCCC[C@H]1CN(CC1=Cc3ccccc3OC1)CC2. The lowest BCUT2D eigenvalue weighted by atomic mass is 9.71. The number of benzene rings is 1. The molecular formula is C19H25NO2. The highest BCUT2D eigenvalue weighted by atomic mass is 16.5. The first kappa shape index (κ1) is 14.3. The third kappa shape index (κ3) is 2.68. The Balaban J connectivity index is 1.44. The number of hydrogen-bond donors (Lipinski definition) is 1. The van der Waals surface area contributed by atoms with E-state index in [2.05, 4.69) is 23.1 Å². The van der Waals surface area contributed by atoms with Crippen molar-refractivity contribution in [2.45, 2.75) is 37.7 Å². The molecule has 2 heterocycles. The van der Waals surface area contributed by atoms with Crippen molar-refractivity contribution in [3.63, 3.8) is 0 Å². The van der Waals surface area contributed by atoms with Crippen LogP contribution in [0.1, 0.15) is 37.7 Å². The zero-order valence-corrected chi connectivity index (χ0v) is 13.1. The molecule has 0 unspecified atom stereocenters. The van der Waals surface area contributed by atoms with Crippen LogP contribution in [0.5, 0.6) is 5.75 Å². The van der Waals surface area contributed by atoms with Crippen molar-refractivity contribution in [1.82, 2.24) is 4.90 Å². The van der Waals surface area contributed by atoms with E-state index in [1.54, 1.807) is 0 Å². The number of para-hydroxylation sites is 1. The molecule has 1 aromatic carbocycles. The standard InChI is InChI=1S/C19H25NO2/c21-19-8-4-3-6-17(19)13-20(10-9-19)12-15-11-16-5-1-2-7-18(16)22-14-15/h1-2,5,7,11,17,21H,3-4,6,8-10,12-14H2/t17-,19+/m0/s1. The zero-order chi connectivity index (χ0) is 15.0. The van der Waals surface area contributed by atoms with E-state index in [0.717, 1.165) is 38.2 Å². The predicted octanol–water partition coefficient (Wildman–Crippen LogP) is 3.09. The lowest BCUT2D eigenvalue weighted by molar-refractivity contribution is -0.0939. The summed E-state index contributed by atoms with van der Waals surface area (Å²) in [7, 11) is 0. The van der Waals surface area contributed by atoms with Gasteiger partial charge in [0.25, 0.3) is 0 Å². The normalized spacial score (nSPS) is 31.7. The summed E-state index contributed by atoms with van der Waals surface area (Å²) in [5.74, 6) is 1.46. The topological polar surface area (TPSA) is 32.7 Å². The molecule has 2 aliphatic heterocycles. The van der Waals surface area contributed by atoms with E-state index in [9.17, 15) is 5.11 Å². The number of hydrogen-bond acceptors (Lipinski definition) is 3. The Morgan fingerprint density at radius 1 is 1.23 bits per heavy atom. The lowest BCUT2D eigenvalue weighted by Crippen LogP contribution is -2.53. The van der Waals surface area contributed by atoms with Crippen LogP contribution in [0.2, 0.25) is 0 Å². The van der Waals surface area contributed by atoms with Gasteiger partial charge in [0.15, 0.2) is 0 Å². The van der Waals surface area contributed by atoms with E-state index < -0.39 is 0 Å². The van der Waals surface area contributed by atoms with Crippen LogP contribution in [0.15, 0.2) is 29.8 Å². The molecule has 1 aromatic rings. The number of piperidine rings is 1. The van der Waals surface area contributed by atoms with Crippen LogP contribution in [-0.4, -0.2) is 41.8 Å². The van der Waals surface area contributed by atoms with E-state index in [0.29, 0.717) is 12.5 Å². The second kappa shape index (κ2) is 5.71. The molecule has 1 aliphatic carbocycles. The quantitative estimate of drug-likeness (QED) is 0.911. The third-order valence-corrected chi connectivity index (χ3v) is 5.63. The van der Waals surface area contributed by atoms with Crippen molar-refractivity contribution in [3.8, 4) is 5.75 Å². The molecule has 4 rings (SSSR count). The third-order valence-electron chi connectivity index (χ3n) is 5.63. The maximum atomic E-state index is 10.8. The molecule has 0 radical (unpaired) electrons. The van der Waals surface area contributed by atoms with Gasteiger partial charge in [-0.2, -0.15) is 0 Å². The number of fused-ring (bicyclic) bond motifs is 2. The van der Waals surface area contributed by atoms with Gasteiger partial charge in [-0.05, 0) is 37.0 Å². The Hall–Kier alpha value is -1.32. The number of ether oxygens (including phenoxy) is 1. The molecule has 0 aromatic heterocycles. The monoisotopic (exact) mass is 299 g/mol. The lowest BCUT2D eigenvalue weighted by Gasteiger charge is -2.47. The first-order valence-corrected chi connectivity index (χ1v) is 8.59. The second-order valence-electron chi connectivity index (χ2n) is 7.16. The first-order chi connectivity index (χ1) is 10.7. The van der Waals surface area contributed by atoms with Crippen molar-refractivity contribution in [1.29, 1.82) is 0 Å². The van der Waals surface area contributed by atoms with Crippen LogP contribution in [0, 0.1) is 5.92 Å². The molecule has 3 aliphatic rings. The van der Waals surface area contributed by atoms with Gasteiger partial charge in [-0.25, -0.2) is 0 Å². The fourth-order valence-electron chi connectivity index (χ4n) is 4.33. The molecule has 3 heteroatoms. The van der Waals surface area contributed by atoms with Crippen LogP contribution < -0.4 is 4.74 Å². The molecule has 118 valence electrons. The summed E-state index contributed by atoms with van der Waals surface area (Å²) in [6, 6.07) is 8.23. The highest BCUT2D eigenvalue weighted by Crippen LogP contribution is 2.40. The average Bonchev–Trinajstić information content (AvgIpc) is 2.55. The zero-order valence-electron chi connectivity index (χ0n) is 13.1. The van der Waals surface area contributed by atoms with Gasteiger partial charge < -0.3 is 9.84 Å². The Morgan fingerprint density at radius 3 is 3.09 bits per heavy atom. The van der Waals surface area contributed by atoms with Gasteiger partial charge in [-0.3, -0.25) is 4.90 Å². The molecule has 1 N–H and O–H groups in total. The number of likely N-dealkylation sites (tertiary alicyclic amines) is 1. The second-order valence-corrected chi connectivity index (χ2v) is 7.16. The average molecular weight is 299 g/mol. The minimum Gasteiger partial charge on any atom is -0.489 e. The largest absolute Gasteiger partial charge is 0.489 e. The van der Waals surface area contributed by atoms with E-state index in [4.69, 9.17) is 4.74 Å². The van der Waals surface area contributed by atoms with Crippen LogP contribution in [0.3, 0.4) is 0 Å². The van der Waals surface area contributed by atoms with Crippen molar-refractivity contribution < 1.29 is 9.84 Å². The van der Waals surface area contributed by atoms with E-state index in [1.807, 2.05) is 12.1 Å². The highest BCUT2D eigenvalue weighted by molar-refractivity contribution is 5.62. The number of rotatable bonds is 2. The Labute approximate surface area is 132 Å². The molecular weight excluding hydrogens is 274 g/mol. The van der Waals surface area contributed by atoms with Gasteiger partial charge in [0.05, 0.1) is 5.60 Å². The maximum Gasteiger partial charge on any atom is 0.127 e. The maximum absolute atomic E-state index is 10.8. The summed E-state index contributed by atoms with van der Waals surface area (Å²) < 4.78 is 5.86. The van der Waals surface area contributed by atoms with Gasteiger partial charge in [-0.1, -0.05) is 31.0 Å². The van der Waals surface area contributed by atoms with Crippen LogP contribution >= 0.6 is 0 Å². The van der Waals surface area contributed by atoms with Gasteiger partial charge in [0, 0.05) is 31.1 Å². The van der Waals surface area contributed by atoms with Gasteiger partial charge >= 0.3 is 0 Å². The summed E-state index contributed by atoms with van der Waals surface area (Å²) in [6.07, 6.45) is 7.88. The number of nitrogens with zero attached hydrogens (tertiary/aromatic N) is 1. The molecule has 3 nitrogen and oxygen atoms in total. The highest BCUT2D eigenvalue weighted by Gasteiger charge is 2.42. The summed E-state index contributed by atoms with van der Waals surface area (Å²) in [5, 5.41) is 10.8. The molecule has 0 spiro atoms. The fraction of sp³-hybridized carbons (Fsp3) is 0.579. The van der Waals surface area contributed by atoms with E-state index in [1.165, 1.54) is 30.4 Å². The summed E-state index contributed by atoms with van der Waals surface area (Å²) >= 11 is 0.